The summed E-state index contributed by atoms with van der Waals surface area (Å²) in [6.07, 6.45) is 7.01. The van der Waals surface area contributed by atoms with E-state index in [1.54, 1.807) is 12.2 Å². The average Bonchev–Trinajstić information content (AvgIpc) is 2.86. The number of Topliss-reactive ketones (excluding diaryl/α,β-unsaturated/α-hetero) is 1. The van der Waals surface area contributed by atoms with Gasteiger partial charge in [-0.2, -0.15) is 0 Å². The lowest BCUT2D eigenvalue weighted by atomic mass is 9.45. The molecule has 0 aromatic rings. The van der Waals surface area contributed by atoms with Gasteiger partial charge in [0.1, 0.15) is 12.2 Å². The Labute approximate surface area is 182 Å². The fourth-order valence-electron chi connectivity index (χ4n) is 7.59. The molecule has 160 valence electrons. The summed E-state index contributed by atoms with van der Waals surface area (Å²) in [5.41, 5.74) is -1.91. The number of allylic oxidation sites excluding steroid dienone is 4. The van der Waals surface area contributed by atoms with Gasteiger partial charge in [-0.15, -0.1) is 23.2 Å². The van der Waals surface area contributed by atoms with Crippen LogP contribution in [0.4, 0.5) is 0 Å². The maximum atomic E-state index is 12.7. The summed E-state index contributed by atoms with van der Waals surface area (Å²) in [5, 5.41) is 20.7. The zero-order valence-electron chi connectivity index (χ0n) is 17.4. The van der Waals surface area contributed by atoms with E-state index in [0.717, 1.165) is 12.0 Å². The number of hydrogen-bond acceptors (Lipinski definition) is 4. The van der Waals surface area contributed by atoms with E-state index in [9.17, 15) is 19.8 Å². The molecular formula is C23H30Cl2O4. The molecule has 3 fully saturated rings. The number of ketones is 2. The smallest absolute Gasteiger partial charge is 0.190 e. The fraction of sp³-hybridized carbons (Fsp3) is 0.739. The number of aliphatic hydroxyl groups excluding tert-OH is 1. The van der Waals surface area contributed by atoms with Gasteiger partial charge in [-0.25, -0.2) is 0 Å². The third-order valence-corrected chi connectivity index (χ3v) is 10.6. The number of fused-ring (bicyclic) bond motifs is 5. The molecule has 0 radical (unpaired) electrons. The predicted molar refractivity (Wildman–Crippen MR) is 113 cm³/mol. The van der Waals surface area contributed by atoms with E-state index < -0.39 is 39.1 Å². The number of aliphatic hydroxyl groups is 2. The zero-order chi connectivity index (χ0) is 21.6. The first-order valence-corrected chi connectivity index (χ1v) is 11.3. The van der Waals surface area contributed by atoms with Crippen LogP contribution in [0.15, 0.2) is 23.8 Å². The topological polar surface area (TPSA) is 74.6 Å². The molecule has 0 aromatic heterocycles. The SMILES string of the molecule is CC1C[C@H]2[C@@H]3CC(C)[C@](O)(C(=O)CO)[C@@]3(C)CC(Cl)[C@]2(Cl)[C@@]2(C)C=CC(=O)C=C12. The zero-order valence-corrected chi connectivity index (χ0v) is 18.9. The fourth-order valence-corrected chi connectivity index (χ4v) is 8.79. The van der Waals surface area contributed by atoms with Crippen molar-refractivity contribution in [2.45, 2.75) is 62.8 Å². The lowest BCUT2D eigenvalue weighted by molar-refractivity contribution is -0.168. The van der Waals surface area contributed by atoms with Crippen molar-refractivity contribution < 1.29 is 19.8 Å². The third kappa shape index (κ3) is 2.35. The second-order valence-corrected chi connectivity index (χ2v) is 11.4. The van der Waals surface area contributed by atoms with Crippen LogP contribution in [0.5, 0.6) is 0 Å². The first kappa shape index (κ1) is 21.5. The molecule has 6 heteroatoms. The summed E-state index contributed by atoms with van der Waals surface area (Å²) in [6, 6.07) is 0. The summed E-state index contributed by atoms with van der Waals surface area (Å²) in [4.78, 5) is 24.0. The standard InChI is InChI=1S/C23H30Cl2O4/c1-12-7-17-16-8-13(2)23(29,19(28)11-26)21(16,4)10-18(24)22(17,25)20(3)6-5-14(27)9-15(12)20/h5-6,9,12-13,16-18,26,29H,7-8,10-11H2,1-4H3/t12?,13?,16-,17-,18?,20-,21-,22-,23-/m0/s1. The van der Waals surface area contributed by atoms with Gasteiger partial charge >= 0.3 is 0 Å². The van der Waals surface area contributed by atoms with Crippen LogP contribution in [-0.4, -0.2) is 44.2 Å². The lowest BCUT2D eigenvalue weighted by Crippen LogP contribution is -2.68. The van der Waals surface area contributed by atoms with Gasteiger partial charge in [0.15, 0.2) is 11.6 Å². The van der Waals surface area contributed by atoms with E-state index in [1.807, 2.05) is 19.9 Å². The first-order chi connectivity index (χ1) is 13.4. The number of halogens is 2. The Kier molecular flexibility index (Phi) is 4.77. The van der Waals surface area contributed by atoms with E-state index in [2.05, 4.69) is 13.8 Å². The largest absolute Gasteiger partial charge is 0.388 e. The highest BCUT2D eigenvalue weighted by Crippen LogP contribution is 2.72. The van der Waals surface area contributed by atoms with Gasteiger partial charge in [-0.1, -0.05) is 39.3 Å². The Hall–Kier alpha value is -0.680. The minimum absolute atomic E-state index is 0.00245. The molecule has 2 N–H and O–H groups in total. The quantitative estimate of drug-likeness (QED) is 0.642. The van der Waals surface area contributed by atoms with Gasteiger partial charge in [0, 0.05) is 10.8 Å². The van der Waals surface area contributed by atoms with Crippen LogP contribution in [0, 0.1) is 34.5 Å². The molecule has 29 heavy (non-hydrogen) atoms. The van der Waals surface area contributed by atoms with Gasteiger partial charge in [0.2, 0.25) is 0 Å². The van der Waals surface area contributed by atoms with E-state index in [4.69, 9.17) is 23.2 Å². The molecule has 0 aromatic carbocycles. The van der Waals surface area contributed by atoms with Crippen molar-refractivity contribution in [3.8, 4) is 0 Å². The molecule has 0 heterocycles. The van der Waals surface area contributed by atoms with E-state index in [-0.39, 0.29) is 29.5 Å². The van der Waals surface area contributed by atoms with Crippen LogP contribution < -0.4 is 0 Å². The number of hydrogen-bond donors (Lipinski definition) is 2. The number of carbonyl (C=O) groups excluding carboxylic acids is 2. The molecule has 9 atom stereocenters. The van der Waals surface area contributed by atoms with Gasteiger partial charge in [0.05, 0.1) is 10.3 Å². The Bertz CT molecular complexity index is 837. The maximum Gasteiger partial charge on any atom is 0.190 e. The van der Waals surface area contributed by atoms with Crippen LogP contribution in [0.1, 0.15) is 47.0 Å². The first-order valence-electron chi connectivity index (χ1n) is 10.5. The van der Waals surface area contributed by atoms with Gasteiger partial charge < -0.3 is 10.2 Å². The molecule has 0 spiro atoms. The third-order valence-electron chi connectivity index (χ3n) is 9.08. The Morgan fingerprint density at radius 2 is 1.90 bits per heavy atom. The monoisotopic (exact) mass is 440 g/mol. The van der Waals surface area contributed by atoms with Crippen LogP contribution in [0.25, 0.3) is 0 Å². The highest BCUT2D eigenvalue weighted by Gasteiger charge is 2.74. The van der Waals surface area contributed by atoms with Crippen molar-refractivity contribution in [2.24, 2.45) is 34.5 Å². The molecule has 0 aliphatic heterocycles. The van der Waals surface area contributed by atoms with Crippen LogP contribution >= 0.6 is 23.2 Å². The normalized spacial score (nSPS) is 53.7. The maximum absolute atomic E-state index is 12.7. The van der Waals surface area contributed by atoms with Gasteiger partial charge in [0.25, 0.3) is 0 Å². The lowest BCUT2D eigenvalue weighted by Gasteiger charge is -2.65. The Morgan fingerprint density at radius 1 is 1.24 bits per heavy atom. The predicted octanol–water partition coefficient (Wildman–Crippen LogP) is 3.66. The minimum atomic E-state index is -1.61. The minimum Gasteiger partial charge on any atom is -0.388 e. The number of rotatable bonds is 2. The van der Waals surface area contributed by atoms with Crippen LogP contribution in [-0.2, 0) is 9.59 Å². The summed E-state index contributed by atoms with van der Waals surface area (Å²) in [5.74, 6) is -0.717. The van der Waals surface area contributed by atoms with Crippen molar-refractivity contribution in [3.63, 3.8) is 0 Å². The molecule has 4 nitrogen and oxygen atoms in total. The number of carbonyl (C=O) groups is 2. The van der Waals surface area contributed by atoms with Crippen molar-refractivity contribution in [1.29, 1.82) is 0 Å². The van der Waals surface area contributed by atoms with Crippen molar-refractivity contribution in [3.05, 3.63) is 23.8 Å². The average molecular weight is 441 g/mol. The van der Waals surface area contributed by atoms with Gasteiger partial charge in [-0.05, 0) is 55.1 Å². The van der Waals surface area contributed by atoms with Crippen LogP contribution in [0.3, 0.4) is 0 Å². The van der Waals surface area contributed by atoms with E-state index in [0.29, 0.717) is 12.8 Å². The molecular weight excluding hydrogens is 411 g/mol. The summed E-state index contributed by atoms with van der Waals surface area (Å²) < 4.78 is 0. The van der Waals surface area contributed by atoms with Crippen LogP contribution in [0.2, 0.25) is 0 Å². The van der Waals surface area contributed by atoms with E-state index in [1.165, 1.54) is 0 Å². The van der Waals surface area contributed by atoms with Gasteiger partial charge in [-0.3, -0.25) is 9.59 Å². The summed E-state index contributed by atoms with van der Waals surface area (Å²) in [7, 11) is 0. The van der Waals surface area contributed by atoms with Crippen molar-refractivity contribution in [1.82, 2.24) is 0 Å². The van der Waals surface area contributed by atoms with E-state index >= 15 is 0 Å². The highest BCUT2D eigenvalue weighted by atomic mass is 35.5. The molecule has 3 unspecified atom stereocenters. The van der Waals surface area contributed by atoms with Crippen molar-refractivity contribution >= 4 is 34.8 Å². The number of alkyl halides is 2. The summed E-state index contributed by atoms with van der Waals surface area (Å²) >= 11 is 14.5. The molecule has 4 rings (SSSR count). The molecule has 0 saturated heterocycles. The molecule has 4 aliphatic rings. The Morgan fingerprint density at radius 3 is 2.52 bits per heavy atom. The molecule has 4 aliphatic carbocycles. The Balaban J connectivity index is 1.87. The molecule has 0 amide bonds. The second kappa shape index (κ2) is 6.41. The summed E-state index contributed by atoms with van der Waals surface area (Å²) in [6.45, 7) is 7.33. The van der Waals surface area contributed by atoms with Crippen molar-refractivity contribution in [2.75, 3.05) is 6.61 Å². The second-order valence-electron chi connectivity index (χ2n) is 10.2. The molecule has 3 saturated carbocycles. The highest BCUT2D eigenvalue weighted by molar-refractivity contribution is 6.34. The molecule has 0 bridgehead atoms.